The zero-order valence-corrected chi connectivity index (χ0v) is 14.7. The summed E-state index contributed by atoms with van der Waals surface area (Å²) in [7, 11) is 0. The molecule has 1 N–H and O–H groups in total. The standard InChI is InChI=1S/C19H19NO3S/c1-11-4-5-14(13(3)20-11)9-23-15-6-7-16-17(12(2)19(21)22)10-24-18(16)8-15/h4-8,10,12H,9H2,1-3H3,(H,21,22). The van der Waals surface area contributed by atoms with E-state index in [1.807, 2.05) is 49.6 Å². The molecule has 0 aliphatic heterocycles. The first-order valence-corrected chi connectivity index (χ1v) is 8.63. The summed E-state index contributed by atoms with van der Waals surface area (Å²) in [5, 5.41) is 12.1. The van der Waals surface area contributed by atoms with E-state index in [2.05, 4.69) is 4.98 Å². The molecule has 0 saturated carbocycles. The van der Waals surface area contributed by atoms with Crippen molar-refractivity contribution in [1.82, 2.24) is 4.98 Å². The number of rotatable bonds is 5. The fourth-order valence-electron chi connectivity index (χ4n) is 2.62. The summed E-state index contributed by atoms with van der Waals surface area (Å²) in [5.41, 5.74) is 3.89. The monoisotopic (exact) mass is 341 g/mol. The third kappa shape index (κ3) is 3.26. The van der Waals surface area contributed by atoms with Gasteiger partial charge in [0, 0.05) is 21.7 Å². The number of thiophene rings is 1. The van der Waals surface area contributed by atoms with Gasteiger partial charge in [0.05, 0.1) is 5.92 Å². The molecular formula is C19H19NO3S. The van der Waals surface area contributed by atoms with Crippen molar-refractivity contribution in [2.24, 2.45) is 0 Å². The van der Waals surface area contributed by atoms with Gasteiger partial charge in [-0.05, 0) is 61.4 Å². The maximum absolute atomic E-state index is 11.2. The van der Waals surface area contributed by atoms with Gasteiger partial charge in [-0.3, -0.25) is 9.78 Å². The van der Waals surface area contributed by atoms with Crippen molar-refractivity contribution in [2.45, 2.75) is 33.3 Å². The molecule has 3 aromatic rings. The summed E-state index contributed by atoms with van der Waals surface area (Å²) >= 11 is 1.54. The van der Waals surface area contributed by atoms with E-state index < -0.39 is 11.9 Å². The first-order chi connectivity index (χ1) is 11.5. The molecule has 2 aromatic heterocycles. The van der Waals surface area contributed by atoms with Crippen molar-refractivity contribution in [1.29, 1.82) is 0 Å². The zero-order chi connectivity index (χ0) is 17.3. The molecule has 3 rings (SSSR count). The molecule has 0 spiro atoms. The van der Waals surface area contributed by atoms with E-state index in [9.17, 15) is 9.90 Å². The molecule has 124 valence electrons. The second-order valence-corrected chi connectivity index (χ2v) is 6.81. The summed E-state index contributed by atoms with van der Waals surface area (Å²) in [6, 6.07) is 9.82. The van der Waals surface area contributed by atoms with Gasteiger partial charge >= 0.3 is 5.97 Å². The zero-order valence-electron chi connectivity index (χ0n) is 13.9. The number of fused-ring (bicyclic) bond motifs is 1. The molecule has 0 bridgehead atoms. The van der Waals surface area contributed by atoms with Gasteiger partial charge in [0.15, 0.2) is 0 Å². The number of carboxylic acids is 1. The topological polar surface area (TPSA) is 59.4 Å². The Labute approximate surface area is 144 Å². The van der Waals surface area contributed by atoms with Crippen LogP contribution in [0, 0.1) is 13.8 Å². The van der Waals surface area contributed by atoms with Crippen molar-refractivity contribution in [3.05, 3.63) is 58.2 Å². The number of aryl methyl sites for hydroxylation is 2. The molecule has 5 heteroatoms. The summed E-state index contributed by atoms with van der Waals surface area (Å²) < 4.78 is 6.92. The lowest BCUT2D eigenvalue weighted by Gasteiger charge is -2.09. The van der Waals surface area contributed by atoms with Crippen LogP contribution in [0.5, 0.6) is 5.75 Å². The molecule has 0 radical (unpaired) electrons. The number of ether oxygens (including phenoxy) is 1. The Bertz CT molecular complexity index is 901. The van der Waals surface area contributed by atoms with Crippen LogP contribution in [0.25, 0.3) is 10.1 Å². The van der Waals surface area contributed by atoms with Gasteiger partial charge in [-0.15, -0.1) is 11.3 Å². The molecule has 0 saturated heterocycles. The Morgan fingerprint density at radius 2 is 2.08 bits per heavy atom. The molecule has 4 nitrogen and oxygen atoms in total. The fourth-order valence-corrected chi connectivity index (χ4v) is 3.70. The number of nitrogens with zero attached hydrogens (tertiary/aromatic N) is 1. The summed E-state index contributed by atoms with van der Waals surface area (Å²) in [4.78, 5) is 15.6. The van der Waals surface area contributed by atoms with Crippen molar-refractivity contribution in [3.8, 4) is 5.75 Å². The molecule has 0 aliphatic carbocycles. The molecular weight excluding hydrogens is 322 g/mol. The number of benzene rings is 1. The minimum Gasteiger partial charge on any atom is -0.489 e. The van der Waals surface area contributed by atoms with Gasteiger partial charge in [0.1, 0.15) is 12.4 Å². The first kappa shape index (κ1) is 16.5. The van der Waals surface area contributed by atoms with Crippen LogP contribution in [0.1, 0.15) is 35.4 Å². The van der Waals surface area contributed by atoms with Crippen molar-refractivity contribution < 1.29 is 14.6 Å². The Balaban J connectivity index is 1.80. The highest BCUT2D eigenvalue weighted by atomic mass is 32.1. The number of aliphatic carboxylic acids is 1. The SMILES string of the molecule is Cc1ccc(COc2ccc3c(C(C)C(=O)O)csc3c2)c(C)n1. The summed E-state index contributed by atoms with van der Waals surface area (Å²) in [6.07, 6.45) is 0. The Morgan fingerprint density at radius 1 is 1.29 bits per heavy atom. The predicted octanol–water partition coefficient (Wildman–Crippen LogP) is 4.68. The van der Waals surface area contributed by atoms with Gasteiger partial charge in [-0.2, -0.15) is 0 Å². The predicted molar refractivity (Wildman–Crippen MR) is 95.9 cm³/mol. The second-order valence-electron chi connectivity index (χ2n) is 5.89. The smallest absolute Gasteiger partial charge is 0.310 e. The largest absolute Gasteiger partial charge is 0.489 e. The van der Waals surface area contributed by atoms with Crippen LogP contribution in [0.4, 0.5) is 0 Å². The molecule has 0 fully saturated rings. The molecule has 24 heavy (non-hydrogen) atoms. The summed E-state index contributed by atoms with van der Waals surface area (Å²) in [5.74, 6) is -0.539. The van der Waals surface area contributed by atoms with Crippen molar-refractivity contribution in [2.75, 3.05) is 0 Å². The lowest BCUT2D eigenvalue weighted by Crippen LogP contribution is -2.06. The van der Waals surface area contributed by atoms with E-state index in [1.54, 1.807) is 18.3 Å². The molecule has 1 unspecified atom stereocenters. The second kappa shape index (κ2) is 6.61. The highest BCUT2D eigenvalue weighted by Gasteiger charge is 2.18. The van der Waals surface area contributed by atoms with Crippen LogP contribution in [-0.4, -0.2) is 16.1 Å². The maximum atomic E-state index is 11.2. The molecule has 0 amide bonds. The van der Waals surface area contributed by atoms with Crippen LogP contribution < -0.4 is 4.74 Å². The lowest BCUT2D eigenvalue weighted by atomic mass is 10.0. The highest BCUT2D eigenvalue weighted by Crippen LogP contribution is 2.34. The Kier molecular flexibility index (Phi) is 4.53. The van der Waals surface area contributed by atoms with Gasteiger partial charge in [0.25, 0.3) is 0 Å². The van der Waals surface area contributed by atoms with Crippen LogP contribution >= 0.6 is 11.3 Å². The average Bonchev–Trinajstić information content (AvgIpc) is 2.96. The summed E-state index contributed by atoms with van der Waals surface area (Å²) in [6.45, 7) is 6.13. The highest BCUT2D eigenvalue weighted by molar-refractivity contribution is 7.17. The van der Waals surface area contributed by atoms with E-state index in [0.29, 0.717) is 6.61 Å². The number of pyridine rings is 1. The van der Waals surface area contributed by atoms with E-state index in [0.717, 1.165) is 38.4 Å². The minimum atomic E-state index is -0.808. The van der Waals surface area contributed by atoms with Gasteiger partial charge < -0.3 is 9.84 Å². The Hall–Kier alpha value is -2.40. The van der Waals surface area contributed by atoms with Crippen molar-refractivity contribution in [3.63, 3.8) is 0 Å². The van der Waals surface area contributed by atoms with E-state index >= 15 is 0 Å². The van der Waals surface area contributed by atoms with Crippen LogP contribution in [0.2, 0.25) is 0 Å². The van der Waals surface area contributed by atoms with Crippen LogP contribution in [0.15, 0.2) is 35.7 Å². The van der Waals surface area contributed by atoms with Gasteiger partial charge in [-0.25, -0.2) is 0 Å². The quantitative estimate of drug-likeness (QED) is 0.732. The van der Waals surface area contributed by atoms with Crippen LogP contribution in [0.3, 0.4) is 0 Å². The molecule has 1 atom stereocenters. The number of hydrogen-bond acceptors (Lipinski definition) is 4. The maximum Gasteiger partial charge on any atom is 0.310 e. The van der Waals surface area contributed by atoms with Gasteiger partial charge in [-0.1, -0.05) is 6.07 Å². The van der Waals surface area contributed by atoms with Gasteiger partial charge in [0.2, 0.25) is 0 Å². The third-order valence-corrected chi connectivity index (χ3v) is 5.11. The number of hydrogen-bond donors (Lipinski definition) is 1. The third-order valence-electron chi connectivity index (χ3n) is 4.14. The Morgan fingerprint density at radius 3 is 2.79 bits per heavy atom. The van der Waals surface area contributed by atoms with E-state index in [1.165, 1.54) is 0 Å². The average molecular weight is 341 g/mol. The minimum absolute atomic E-state index is 0.467. The first-order valence-electron chi connectivity index (χ1n) is 7.75. The normalized spacial score (nSPS) is 12.3. The van der Waals surface area contributed by atoms with E-state index in [-0.39, 0.29) is 0 Å². The fraction of sp³-hybridized carbons (Fsp3) is 0.263. The molecule has 0 aliphatic rings. The van der Waals surface area contributed by atoms with Crippen LogP contribution in [-0.2, 0) is 11.4 Å². The van der Waals surface area contributed by atoms with Crippen molar-refractivity contribution >= 4 is 27.4 Å². The number of carboxylic acid groups (broad SMARTS) is 1. The molecule has 1 aromatic carbocycles. The number of carbonyl (C=O) groups is 1. The lowest BCUT2D eigenvalue weighted by molar-refractivity contribution is -0.138. The van der Waals surface area contributed by atoms with E-state index in [4.69, 9.17) is 4.74 Å². The number of aromatic nitrogens is 1. The molecule has 2 heterocycles.